The molecule has 0 bridgehead atoms. The van der Waals surface area contributed by atoms with Gasteiger partial charge in [0.2, 0.25) is 5.91 Å². The Morgan fingerprint density at radius 2 is 1.48 bits per heavy atom. The fourth-order valence-electron chi connectivity index (χ4n) is 6.01. The molecule has 312 valence electrons. The van der Waals surface area contributed by atoms with Crippen LogP contribution in [0.4, 0.5) is 22.7 Å². The van der Waals surface area contributed by atoms with E-state index in [2.05, 4.69) is 68.5 Å². The van der Waals surface area contributed by atoms with E-state index in [9.17, 15) is 32.8 Å². The van der Waals surface area contributed by atoms with Crippen molar-refractivity contribution in [1.29, 1.82) is 0 Å². The van der Waals surface area contributed by atoms with Gasteiger partial charge in [-0.1, -0.05) is 78.3 Å². The Morgan fingerprint density at radius 1 is 0.817 bits per heavy atom. The van der Waals surface area contributed by atoms with Gasteiger partial charge in [0, 0.05) is 34.7 Å². The maximum absolute atomic E-state index is 13.2. The summed E-state index contributed by atoms with van der Waals surface area (Å²) >= 11 is 6.47. The molecule has 0 radical (unpaired) electrons. The van der Waals surface area contributed by atoms with Gasteiger partial charge in [0.05, 0.1) is 21.3 Å². The first kappa shape index (κ1) is 48.0. The first-order valence-corrected chi connectivity index (χ1v) is 20.8. The van der Waals surface area contributed by atoms with Crippen LogP contribution in [-0.2, 0) is 30.5 Å². The van der Waals surface area contributed by atoms with Gasteiger partial charge in [-0.2, -0.15) is 5.11 Å². The number of carbonyl (C=O) groups excluding carboxylic acids is 2. The minimum Gasteiger partial charge on any atom is -0.744 e. The Morgan fingerprint density at radius 3 is 2.10 bits per heavy atom. The first-order chi connectivity index (χ1) is 27.7. The number of nitrogens with zero attached hydrogens (tertiary/aromatic N) is 2. The van der Waals surface area contributed by atoms with Crippen LogP contribution in [0.3, 0.4) is 0 Å². The molecule has 0 aromatic heterocycles. The molecule has 60 heavy (non-hydrogen) atoms. The maximum atomic E-state index is 13.2. The van der Waals surface area contributed by atoms with Crippen LogP contribution in [0.5, 0.6) is 28.7 Å². The van der Waals surface area contributed by atoms with Crippen molar-refractivity contribution in [3.8, 4) is 28.7 Å². The number of aromatic hydroxyl groups is 2. The van der Waals surface area contributed by atoms with E-state index in [0.29, 0.717) is 22.7 Å². The molecule has 0 aliphatic carbocycles. The third-order valence-corrected chi connectivity index (χ3v) is 11.9. The molecule has 0 atom stereocenters. The van der Waals surface area contributed by atoms with Crippen molar-refractivity contribution < 1.29 is 71.8 Å². The number of phenols is 2. The summed E-state index contributed by atoms with van der Waals surface area (Å²) in [5, 5.41) is 35.6. The Bertz CT molecular complexity index is 2560. The van der Waals surface area contributed by atoms with Gasteiger partial charge in [0.15, 0.2) is 18.1 Å². The molecule has 0 spiro atoms. The van der Waals surface area contributed by atoms with Crippen LogP contribution in [0.15, 0.2) is 87.9 Å². The predicted octanol–water partition coefficient (Wildman–Crippen LogP) is 8.07. The number of rotatable bonds is 15. The average Bonchev–Trinajstić information content (AvgIpc) is 3.20. The molecular formula is C44H48ClN4NaO9S. The van der Waals surface area contributed by atoms with E-state index in [4.69, 9.17) is 21.1 Å². The number of halogens is 1. The normalized spacial score (nSPS) is 12.0. The number of hydrogen-bond donors (Lipinski definition) is 4. The number of carbonyl (C=O) groups is 2. The Balaban J connectivity index is 0.00000794. The van der Waals surface area contributed by atoms with E-state index in [-0.39, 0.29) is 98.0 Å². The molecule has 0 aliphatic heterocycles. The van der Waals surface area contributed by atoms with Gasteiger partial charge in [0.25, 0.3) is 5.91 Å². The van der Waals surface area contributed by atoms with Crippen molar-refractivity contribution in [2.24, 2.45) is 10.2 Å². The van der Waals surface area contributed by atoms with Gasteiger partial charge in [-0.05, 0) is 90.1 Å². The van der Waals surface area contributed by atoms with E-state index in [1.807, 2.05) is 12.1 Å². The number of hydrogen-bond acceptors (Lipinski definition) is 11. The zero-order valence-electron chi connectivity index (χ0n) is 35.2. The van der Waals surface area contributed by atoms with E-state index in [0.717, 1.165) is 24.5 Å². The van der Waals surface area contributed by atoms with Gasteiger partial charge in [0.1, 0.15) is 33.1 Å². The van der Waals surface area contributed by atoms with Gasteiger partial charge in [-0.3, -0.25) is 9.59 Å². The number of anilines is 2. The van der Waals surface area contributed by atoms with Crippen molar-refractivity contribution in [2.75, 3.05) is 17.2 Å². The first-order valence-electron chi connectivity index (χ1n) is 19.0. The van der Waals surface area contributed by atoms with Gasteiger partial charge in [-0.15, -0.1) is 5.11 Å². The topological polar surface area (TPSA) is 199 Å². The molecule has 0 saturated carbocycles. The van der Waals surface area contributed by atoms with Crippen molar-refractivity contribution >= 4 is 67.1 Å². The number of azo groups is 1. The van der Waals surface area contributed by atoms with Crippen LogP contribution in [0.2, 0.25) is 5.02 Å². The number of ether oxygens (including phenoxy) is 2. The Labute approximate surface area is 377 Å². The molecule has 16 heteroatoms. The van der Waals surface area contributed by atoms with Gasteiger partial charge >= 0.3 is 29.6 Å². The van der Waals surface area contributed by atoms with Crippen molar-refractivity contribution in [2.45, 2.75) is 90.4 Å². The average molecular weight is 867 g/mol. The predicted molar refractivity (Wildman–Crippen MR) is 228 cm³/mol. The van der Waals surface area contributed by atoms with E-state index in [1.54, 1.807) is 13.8 Å². The Kier molecular flexibility index (Phi) is 15.5. The summed E-state index contributed by atoms with van der Waals surface area (Å²) in [5.41, 5.74) is 2.31. The van der Waals surface area contributed by atoms with E-state index >= 15 is 0 Å². The monoisotopic (exact) mass is 866 g/mol. The van der Waals surface area contributed by atoms with Crippen LogP contribution in [0, 0.1) is 6.92 Å². The summed E-state index contributed by atoms with van der Waals surface area (Å²) in [6.45, 7) is 15.9. The number of nitrogens with one attached hydrogen (secondary N) is 2. The van der Waals surface area contributed by atoms with Crippen LogP contribution in [0.25, 0.3) is 10.8 Å². The second-order valence-corrected chi connectivity index (χ2v) is 17.1. The molecule has 13 nitrogen and oxygen atoms in total. The molecule has 0 unspecified atom stereocenters. The smallest absolute Gasteiger partial charge is 0.744 e. The number of benzene rings is 5. The van der Waals surface area contributed by atoms with Crippen LogP contribution in [0.1, 0.15) is 84.4 Å². The molecule has 5 rings (SSSR count). The summed E-state index contributed by atoms with van der Waals surface area (Å²) < 4.78 is 48.7. The summed E-state index contributed by atoms with van der Waals surface area (Å²) in [6.07, 6.45) is 2.02. The van der Waals surface area contributed by atoms with Crippen molar-refractivity contribution in [1.82, 2.24) is 0 Å². The molecule has 2 amide bonds. The SMILES string of the molecule is CCC(=O)Nc1ccc2cc(S(=O)(=O)[O-])c(N=Nc3ccc(Oc4cc(NC(=O)COc5ccc(C(C)(C)CC)cc5C(C)(C)CC)c(O)c(Cl)c4C)cc3)c(O)c2c1.[Na+]. The number of fused-ring (bicyclic) bond motifs is 1. The molecule has 0 fully saturated rings. The largest absolute Gasteiger partial charge is 1.00 e. The molecular weight excluding hydrogens is 819 g/mol. The minimum absolute atomic E-state index is 0. The molecule has 0 heterocycles. The number of amides is 2. The summed E-state index contributed by atoms with van der Waals surface area (Å²) in [6, 6.07) is 19.0. The molecule has 5 aromatic carbocycles. The van der Waals surface area contributed by atoms with Crippen LogP contribution >= 0.6 is 11.6 Å². The quantitative estimate of drug-likeness (QED) is 0.0348. The second-order valence-electron chi connectivity index (χ2n) is 15.4. The summed E-state index contributed by atoms with van der Waals surface area (Å²) in [4.78, 5) is 24.3. The summed E-state index contributed by atoms with van der Waals surface area (Å²) in [7, 11) is -5.10. The van der Waals surface area contributed by atoms with Crippen LogP contribution < -0.4 is 49.7 Å². The zero-order chi connectivity index (χ0) is 43.4. The zero-order valence-corrected chi connectivity index (χ0v) is 38.8. The standard InChI is InChI=1S/C44H49ClN4O9S.Na/c1-9-37(50)46-29-14-12-26-20-36(59(54,55)56)40(41(52)31(26)22-29)49-48-28-15-17-30(18-16-28)58-35-23-33(42(53)39(45)25(35)4)47-38(51)24-57-34-19-13-27(43(5,6)10-2)21-32(34)44(7,8)11-3;/h12-23,52-53H,9-11,24H2,1-8H3,(H,46,50)(H,47,51)(H,54,55,56);/q;+1/p-1. The molecule has 4 N–H and O–H groups in total. The third-order valence-electron chi connectivity index (χ3n) is 10.6. The van der Waals surface area contributed by atoms with E-state index in [1.165, 1.54) is 54.1 Å². The maximum Gasteiger partial charge on any atom is 1.00 e. The third kappa shape index (κ3) is 11.0. The number of phenolic OH excluding ortho intramolecular Hbond substituents is 2. The Hall–Kier alpha value is -4.70. The van der Waals surface area contributed by atoms with Crippen LogP contribution in [-0.4, -0.2) is 41.6 Å². The molecule has 0 saturated heterocycles. The second kappa shape index (κ2) is 19.3. The fourth-order valence-corrected chi connectivity index (χ4v) is 6.85. The fraction of sp³-hybridized carbons (Fsp3) is 0.318. The van der Waals surface area contributed by atoms with Crippen molar-refractivity contribution in [3.05, 3.63) is 94.5 Å². The van der Waals surface area contributed by atoms with Crippen molar-refractivity contribution in [3.63, 3.8) is 0 Å². The summed E-state index contributed by atoms with van der Waals surface area (Å²) in [5.74, 6) is -0.651. The van der Waals surface area contributed by atoms with E-state index < -0.39 is 32.4 Å². The minimum atomic E-state index is -5.10. The van der Waals surface area contributed by atoms with Gasteiger partial charge in [-0.25, -0.2) is 8.42 Å². The van der Waals surface area contributed by atoms with Gasteiger partial charge < -0.3 is 34.9 Å². The molecule has 5 aromatic rings. The molecule has 0 aliphatic rings.